The summed E-state index contributed by atoms with van der Waals surface area (Å²) in [5.74, 6) is 5.50. The molecule has 0 radical (unpaired) electrons. The summed E-state index contributed by atoms with van der Waals surface area (Å²) in [5.41, 5.74) is 6.90. The Labute approximate surface area is 244 Å². The lowest BCUT2D eigenvalue weighted by Gasteiger charge is -2.32. The van der Waals surface area contributed by atoms with E-state index < -0.39 is 0 Å². The van der Waals surface area contributed by atoms with Gasteiger partial charge in [0.25, 0.3) is 0 Å². The molecule has 0 saturated heterocycles. The van der Waals surface area contributed by atoms with Crippen molar-refractivity contribution in [1.29, 1.82) is 0 Å². The van der Waals surface area contributed by atoms with Crippen LogP contribution in [0, 0.1) is 0 Å². The number of fused-ring (bicyclic) bond motifs is 6. The number of nitrogens with zero attached hydrogens (tertiary/aromatic N) is 3. The van der Waals surface area contributed by atoms with Crippen molar-refractivity contribution in [3.8, 4) is 56.9 Å². The zero-order valence-electron chi connectivity index (χ0n) is 22.9. The van der Waals surface area contributed by atoms with Crippen molar-refractivity contribution in [3.05, 3.63) is 138 Å². The molecule has 1 aromatic heterocycles. The van der Waals surface area contributed by atoms with Gasteiger partial charge < -0.3 is 9.47 Å². The lowest BCUT2D eigenvalue weighted by molar-refractivity contribution is 0.359. The number of para-hydroxylation sites is 2. The van der Waals surface area contributed by atoms with Crippen molar-refractivity contribution in [3.63, 3.8) is 0 Å². The van der Waals surface area contributed by atoms with E-state index in [4.69, 9.17) is 24.4 Å². The van der Waals surface area contributed by atoms with Crippen LogP contribution >= 0.6 is 0 Å². The fraction of sp³-hybridized carbons (Fsp3) is 0.108. The number of hydrogen-bond donors (Lipinski definition) is 0. The summed E-state index contributed by atoms with van der Waals surface area (Å²) in [6, 6.07) is 41.0. The van der Waals surface area contributed by atoms with Crippen LogP contribution in [0.5, 0.6) is 23.0 Å². The number of hydrogen-bond acceptors (Lipinski definition) is 5. The van der Waals surface area contributed by atoms with Gasteiger partial charge in [0.2, 0.25) is 0 Å². The van der Waals surface area contributed by atoms with Crippen molar-refractivity contribution >= 4 is 0 Å². The summed E-state index contributed by atoms with van der Waals surface area (Å²) in [6.07, 6.45) is 2.57. The van der Waals surface area contributed by atoms with E-state index in [1.54, 1.807) is 0 Å². The van der Waals surface area contributed by atoms with Gasteiger partial charge in [0, 0.05) is 23.1 Å². The minimum absolute atomic E-state index is 0.276. The van der Waals surface area contributed by atoms with Gasteiger partial charge >= 0.3 is 0 Å². The highest BCUT2D eigenvalue weighted by molar-refractivity contribution is 5.83. The molecule has 0 bridgehead atoms. The summed E-state index contributed by atoms with van der Waals surface area (Å²) < 4.78 is 12.8. The monoisotopic (exact) mass is 545 g/mol. The van der Waals surface area contributed by atoms with Crippen LogP contribution in [0.4, 0.5) is 0 Å². The zero-order valence-corrected chi connectivity index (χ0v) is 22.9. The molecule has 1 aliphatic carbocycles. The highest BCUT2D eigenvalue weighted by atomic mass is 16.6. The van der Waals surface area contributed by atoms with Crippen LogP contribution in [0.3, 0.4) is 0 Å². The van der Waals surface area contributed by atoms with E-state index in [1.165, 1.54) is 16.7 Å². The van der Waals surface area contributed by atoms with E-state index in [0.29, 0.717) is 11.6 Å². The van der Waals surface area contributed by atoms with Crippen LogP contribution in [-0.4, -0.2) is 15.0 Å². The standard InChI is InChI=1S/C37H27N3O2/c1-3-11-24(12-4-1)36-38-33(39-37(40-36)25-13-5-2-6-14-25)22-19-27-23-26-15-7-8-16-28(26)34-29(27)20-21-32-35(34)42-31-18-10-9-17-30(31)41-32/h1-18,20-21,27H,19,22-23H2. The van der Waals surface area contributed by atoms with Crippen LogP contribution in [0.2, 0.25) is 0 Å². The van der Waals surface area contributed by atoms with E-state index in [0.717, 1.165) is 64.8 Å². The first-order valence-electron chi connectivity index (χ1n) is 14.4. The topological polar surface area (TPSA) is 57.1 Å². The lowest BCUT2D eigenvalue weighted by atomic mass is 9.76. The normalized spacial score (nSPS) is 14.4. The summed E-state index contributed by atoms with van der Waals surface area (Å²) in [7, 11) is 0. The van der Waals surface area contributed by atoms with Crippen molar-refractivity contribution in [2.45, 2.75) is 25.2 Å². The maximum absolute atomic E-state index is 6.52. The minimum Gasteiger partial charge on any atom is -0.449 e. The molecular formula is C37H27N3O2. The van der Waals surface area contributed by atoms with E-state index in [1.807, 2.05) is 84.9 Å². The fourth-order valence-electron chi connectivity index (χ4n) is 6.07. The van der Waals surface area contributed by atoms with Gasteiger partial charge in [-0.3, -0.25) is 0 Å². The van der Waals surface area contributed by atoms with Crippen LogP contribution in [0.25, 0.3) is 33.9 Å². The molecule has 0 fully saturated rings. The molecule has 2 heterocycles. The van der Waals surface area contributed by atoms with Crippen LogP contribution in [0.1, 0.15) is 29.3 Å². The van der Waals surface area contributed by atoms with Gasteiger partial charge in [-0.15, -0.1) is 0 Å². The third-order valence-electron chi connectivity index (χ3n) is 8.09. The lowest BCUT2D eigenvalue weighted by Crippen LogP contribution is -2.15. The molecule has 202 valence electrons. The highest BCUT2D eigenvalue weighted by Crippen LogP contribution is 2.54. The molecular weight excluding hydrogens is 518 g/mol. The second-order valence-corrected chi connectivity index (χ2v) is 10.7. The fourth-order valence-corrected chi connectivity index (χ4v) is 6.07. The van der Waals surface area contributed by atoms with Crippen LogP contribution < -0.4 is 9.47 Å². The van der Waals surface area contributed by atoms with E-state index >= 15 is 0 Å². The third-order valence-corrected chi connectivity index (χ3v) is 8.09. The Bertz CT molecular complexity index is 1860. The maximum atomic E-state index is 6.52. The largest absolute Gasteiger partial charge is 0.449 e. The smallest absolute Gasteiger partial charge is 0.178 e. The second-order valence-electron chi connectivity index (χ2n) is 10.7. The molecule has 1 aliphatic heterocycles. The third kappa shape index (κ3) is 4.40. The van der Waals surface area contributed by atoms with Gasteiger partial charge in [0.15, 0.2) is 34.6 Å². The average molecular weight is 546 g/mol. The molecule has 42 heavy (non-hydrogen) atoms. The molecule has 0 spiro atoms. The predicted octanol–water partition coefficient (Wildman–Crippen LogP) is 9.04. The van der Waals surface area contributed by atoms with Crippen LogP contribution in [0.15, 0.2) is 121 Å². The Morgan fingerprint density at radius 1 is 0.571 bits per heavy atom. The Morgan fingerprint density at radius 2 is 1.19 bits per heavy atom. The molecule has 8 rings (SSSR count). The first-order valence-corrected chi connectivity index (χ1v) is 14.4. The van der Waals surface area contributed by atoms with Crippen LogP contribution in [-0.2, 0) is 12.8 Å². The van der Waals surface area contributed by atoms with E-state index in [2.05, 4.69) is 36.4 Å². The average Bonchev–Trinajstić information content (AvgIpc) is 3.06. The van der Waals surface area contributed by atoms with Crippen molar-refractivity contribution in [2.24, 2.45) is 0 Å². The van der Waals surface area contributed by atoms with E-state index in [9.17, 15) is 0 Å². The number of aromatic nitrogens is 3. The Morgan fingerprint density at radius 3 is 1.90 bits per heavy atom. The number of ether oxygens (including phenoxy) is 2. The molecule has 0 saturated carbocycles. The Hall–Kier alpha value is -5.29. The molecule has 6 aromatic rings. The number of rotatable bonds is 5. The molecule has 0 N–H and O–H groups in total. The molecule has 1 atom stereocenters. The molecule has 0 amide bonds. The summed E-state index contributed by atoms with van der Waals surface area (Å²) in [4.78, 5) is 14.7. The summed E-state index contributed by atoms with van der Waals surface area (Å²) in [5, 5.41) is 0. The van der Waals surface area contributed by atoms with Crippen molar-refractivity contribution < 1.29 is 9.47 Å². The van der Waals surface area contributed by atoms with Crippen molar-refractivity contribution in [1.82, 2.24) is 15.0 Å². The van der Waals surface area contributed by atoms with Gasteiger partial charge in [0.05, 0.1) is 0 Å². The van der Waals surface area contributed by atoms with Gasteiger partial charge in [-0.1, -0.05) is 103 Å². The second kappa shape index (κ2) is 10.3. The Balaban J connectivity index is 1.17. The maximum Gasteiger partial charge on any atom is 0.178 e. The summed E-state index contributed by atoms with van der Waals surface area (Å²) >= 11 is 0. The van der Waals surface area contributed by atoms with Crippen molar-refractivity contribution in [2.75, 3.05) is 0 Å². The Kier molecular flexibility index (Phi) is 5.99. The molecule has 5 heteroatoms. The van der Waals surface area contributed by atoms with Gasteiger partial charge in [-0.05, 0) is 53.6 Å². The van der Waals surface area contributed by atoms with Gasteiger partial charge in [-0.2, -0.15) is 0 Å². The van der Waals surface area contributed by atoms with E-state index in [-0.39, 0.29) is 5.92 Å². The SMILES string of the molecule is c1ccc(-c2nc(CCC3Cc4ccccc4-c4c3ccc3c4Oc4ccccc4O3)nc(-c3ccccc3)n2)cc1. The summed E-state index contributed by atoms with van der Waals surface area (Å²) in [6.45, 7) is 0. The molecule has 5 aromatic carbocycles. The first-order chi connectivity index (χ1) is 20.8. The highest BCUT2D eigenvalue weighted by Gasteiger charge is 2.32. The predicted molar refractivity (Wildman–Crippen MR) is 164 cm³/mol. The van der Waals surface area contributed by atoms with Gasteiger partial charge in [-0.25, -0.2) is 15.0 Å². The van der Waals surface area contributed by atoms with Gasteiger partial charge in [0.1, 0.15) is 5.82 Å². The zero-order chi connectivity index (χ0) is 27.9. The number of benzene rings is 5. The number of aryl methyl sites for hydroxylation is 1. The molecule has 2 aliphatic rings. The minimum atomic E-state index is 0.276. The molecule has 1 unspecified atom stereocenters. The first kappa shape index (κ1) is 24.5. The molecule has 5 nitrogen and oxygen atoms in total. The quantitative estimate of drug-likeness (QED) is 0.216.